The van der Waals surface area contributed by atoms with Gasteiger partial charge in [0.25, 0.3) is 0 Å². The van der Waals surface area contributed by atoms with Crippen LogP contribution in [0.15, 0.2) is 42.7 Å². The first-order valence-corrected chi connectivity index (χ1v) is 6.58. The average molecular weight is 242 g/mol. The van der Waals surface area contributed by atoms with Crippen molar-refractivity contribution in [2.45, 2.75) is 19.4 Å². The molecule has 0 radical (unpaired) electrons. The molecular weight excluding hydrogens is 224 g/mol. The maximum Gasteiger partial charge on any atom is 0.139 e. The Morgan fingerprint density at radius 3 is 2.94 bits per heavy atom. The van der Waals surface area contributed by atoms with Gasteiger partial charge in [-0.2, -0.15) is 0 Å². The van der Waals surface area contributed by atoms with Crippen LogP contribution in [-0.2, 0) is 11.3 Å². The summed E-state index contributed by atoms with van der Waals surface area (Å²) in [6.07, 6.45) is 6.38. The van der Waals surface area contributed by atoms with E-state index in [0.29, 0.717) is 5.92 Å². The summed E-state index contributed by atoms with van der Waals surface area (Å²) in [6.45, 7) is 2.81. The lowest BCUT2D eigenvalue weighted by molar-refractivity contribution is 0.0485. The van der Waals surface area contributed by atoms with Crippen LogP contribution < -0.4 is 0 Å². The highest BCUT2D eigenvalue weighted by Crippen LogP contribution is 2.21. The third kappa shape index (κ3) is 2.46. The lowest BCUT2D eigenvalue weighted by Crippen LogP contribution is -2.22. The Balaban J connectivity index is 1.79. The van der Waals surface area contributed by atoms with E-state index in [0.717, 1.165) is 25.6 Å². The van der Waals surface area contributed by atoms with Crippen LogP contribution in [0.2, 0.25) is 0 Å². The molecule has 18 heavy (non-hydrogen) atoms. The first-order chi connectivity index (χ1) is 8.93. The standard InChI is InChI=1S/C15H18N2O/c1-2-6-14(7-3-1)15-16-8-9-17(15)11-13-5-4-10-18-12-13/h1-3,6-9,13H,4-5,10-12H2. The molecular formula is C15H18N2O. The highest BCUT2D eigenvalue weighted by atomic mass is 16.5. The molecule has 1 aromatic carbocycles. The Bertz CT molecular complexity index is 486. The van der Waals surface area contributed by atoms with Gasteiger partial charge >= 0.3 is 0 Å². The Morgan fingerprint density at radius 1 is 1.28 bits per heavy atom. The summed E-state index contributed by atoms with van der Waals surface area (Å²) in [5.74, 6) is 1.68. The van der Waals surface area contributed by atoms with Crippen LogP contribution in [-0.4, -0.2) is 22.8 Å². The number of hydrogen-bond donors (Lipinski definition) is 0. The molecule has 0 amide bonds. The Kier molecular flexibility index (Phi) is 3.42. The van der Waals surface area contributed by atoms with Crippen LogP contribution in [0.4, 0.5) is 0 Å². The van der Waals surface area contributed by atoms with Gasteiger partial charge in [-0.25, -0.2) is 4.98 Å². The van der Waals surface area contributed by atoms with Gasteiger partial charge in [-0.1, -0.05) is 30.3 Å². The van der Waals surface area contributed by atoms with Crippen LogP contribution in [0.3, 0.4) is 0 Å². The summed E-state index contributed by atoms with van der Waals surface area (Å²) in [5.41, 5.74) is 1.18. The Labute approximate surface area is 107 Å². The molecule has 3 rings (SSSR count). The van der Waals surface area contributed by atoms with Crippen molar-refractivity contribution in [2.24, 2.45) is 5.92 Å². The summed E-state index contributed by atoms with van der Waals surface area (Å²) in [6, 6.07) is 10.4. The van der Waals surface area contributed by atoms with Crippen LogP contribution in [0, 0.1) is 5.92 Å². The molecule has 0 spiro atoms. The molecule has 1 unspecified atom stereocenters. The normalized spacial score (nSPS) is 19.9. The van der Waals surface area contributed by atoms with Gasteiger partial charge in [0.15, 0.2) is 0 Å². The molecule has 3 heteroatoms. The molecule has 0 saturated carbocycles. The van der Waals surface area contributed by atoms with E-state index in [1.807, 2.05) is 12.3 Å². The zero-order valence-corrected chi connectivity index (χ0v) is 10.5. The third-order valence-corrected chi connectivity index (χ3v) is 3.46. The fourth-order valence-corrected chi connectivity index (χ4v) is 2.53. The number of aromatic nitrogens is 2. The van der Waals surface area contributed by atoms with Crippen LogP contribution in [0.1, 0.15) is 12.8 Å². The third-order valence-electron chi connectivity index (χ3n) is 3.46. The summed E-state index contributed by atoms with van der Waals surface area (Å²) in [5, 5.41) is 0. The number of rotatable bonds is 3. The fourth-order valence-electron chi connectivity index (χ4n) is 2.53. The largest absolute Gasteiger partial charge is 0.381 e. The molecule has 3 nitrogen and oxygen atoms in total. The van der Waals surface area contributed by atoms with Gasteiger partial charge in [0.2, 0.25) is 0 Å². The zero-order chi connectivity index (χ0) is 12.2. The molecule has 1 atom stereocenters. The molecule has 2 heterocycles. The zero-order valence-electron chi connectivity index (χ0n) is 10.5. The second kappa shape index (κ2) is 5.36. The van der Waals surface area contributed by atoms with Crippen LogP contribution in [0.5, 0.6) is 0 Å². The smallest absolute Gasteiger partial charge is 0.139 e. The molecule has 2 aromatic rings. The van der Waals surface area contributed by atoms with Gasteiger partial charge in [0, 0.05) is 37.0 Å². The average Bonchev–Trinajstić information content (AvgIpc) is 2.89. The second-order valence-electron chi connectivity index (χ2n) is 4.85. The van der Waals surface area contributed by atoms with E-state index < -0.39 is 0 Å². The van der Waals surface area contributed by atoms with Crippen molar-refractivity contribution in [1.29, 1.82) is 0 Å². The van der Waals surface area contributed by atoms with E-state index in [1.165, 1.54) is 18.4 Å². The topological polar surface area (TPSA) is 27.1 Å². The number of nitrogens with zero attached hydrogens (tertiary/aromatic N) is 2. The minimum absolute atomic E-state index is 0.621. The molecule has 1 aromatic heterocycles. The molecule has 1 aliphatic rings. The monoisotopic (exact) mass is 242 g/mol. The predicted molar refractivity (Wildman–Crippen MR) is 71.2 cm³/mol. The first kappa shape index (κ1) is 11.5. The number of benzene rings is 1. The molecule has 0 N–H and O–H groups in total. The van der Waals surface area contributed by atoms with E-state index in [1.54, 1.807) is 0 Å². The SMILES string of the molecule is c1ccc(-c2nccn2CC2CCCOC2)cc1. The number of imidazole rings is 1. The molecule has 94 valence electrons. The summed E-state index contributed by atoms with van der Waals surface area (Å²) < 4.78 is 7.79. The van der Waals surface area contributed by atoms with Gasteiger partial charge < -0.3 is 9.30 Å². The molecule has 0 bridgehead atoms. The number of ether oxygens (including phenoxy) is 1. The van der Waals surface area contributed by atoms with Gasteiger partial charge in [0.1, 0.15) is 5.82 Å². The van der Waals surface area contributed by atoms with E-state index in [9.17, 15) is 0 Å². The molecule has 1 saturated heterocycles. The summed E-state index contributed by atoms with van der Waals surface area (Å²) in [4.78, 5) is 4.47. The maximum absolute atomic E-state index is 5.54. The van der Waals surface area contributed by atoms with Crippen molar-refractivity contribution in [2.75, 3.05) is 13.2 Å². The minimum atomic E-state index is 0.621. The summed E-state index contributed by atoms with van der Waals surface area (Å²) in [7, 11) is 0. The van der Waals surface area contributed by atoms with Crippen molar-refractivity contribution in [1.82, 2.24) is 9.55 Å². The van der Waals surface area contributed by atoms with E-state index in [2.05, 4.69) is 40.0 Å². The van der Waals surface area contributed by atoms with Crippen LogP contribution in [0.25, 0.3) is 11.4 Å². The van der Waals surface area contributed by atoms with E-state index in [4.69, 9.17) is 4.74 Å². The highest BCUT2D eigenvalue weighted by Gasteiger charge is 2.16. The minimum Gasteiger partial charge on any atom is -0.381 e. The van der Waals surface area contributed by atoms with Crippen molar-refractivity contribution in [3.63, 3.8) is 0 Å². The van der Waals surface area contributed by atoms with E-state index in [-0.39, 0.29) is 0 Å². The lowest BCUT2D eigenvalue weighted by Gasteiger charge is -2.23. The highest BCUT2D eigenvalue weighted by molar-refractivity contribution is 5.55. The quantitative estimate of drug-likeness (QED) is 0.827. The maximum atomic E-state index is 5.54. The van der Waals surface area contributed by atoms with Gasteiger partial charge in [-0.3, -0.25) is 0 Å². The second-order valence-corrected chi connectivity index (χ2v) is 4.85. The lowest BCUT2D eigenvalue weighted by atomic mass is 10.0. The first-order valence-electron chi connectivity index (χ1n) is 6.58. The number of hydrogen-bond acceptors (Lipinski definition) is 2. The Morgan fingerprint density at radius 2 is 2.17 bits per heavy atom. The van der Waals surface area contributed by atoms with Crippen LogP contribution >= 0.6 is 0 Å². The van der Waals surface area contributed by atoms with Crippen molar-refractivity contribution in [3.8, 4) is 11.4 Å². The molecule has 0 aliphatic carbocycles. The van der Waals surface area contributed by atoms with Crippen molar-refractivity contribution in [3.05, 3.63) is 42.7 Å². The van der Waals surface area contributed by atoms with Gasteiger partial charge in [-0.15, -0.1) is 0 Å². The van der Waals surface area contributed by atoms with Crippen molar-refractivity contribution < 1.29 is 4.74 Å². The predicted octanol–water partition coefficient (Wildman–Crippen LogP) is 2.98. The van der Waals surface area contributed by atoms with E-state index >= 15 is 0 Å². The summed E-state index contributed by atoms with van der Waals surface area (Å²) >= 11 is 0. The fraction of sp³-hybridized carbons (Fsp3) is 0.400. The van der Waals surface area contributed by atoms with Gasteiger partial charge in [0.05, 0.1) is 6.61 Å². The molecule has 1 fully saturated rings. The van der Waals surface area contributed by atoms with Crippen molar-refractivity contribution >= 4 is 0 Å². The Hall–Kier alpha value is -1.61. The van der Waals surface area contributed by atoms with Gasteiger partial charge in [-0.05, 0) is 12.8 Å². The molecule has 1 aliphatic heterocycles.